The summed E-state index contributed by atoms with van der Waals surface area (Å²) in [7, 11) is 0. The van der Waals surface area contributed by atoms with E-state index in [-0.39, 0.29) is 48.1 Å². The predicted octanol–water partition coefficient (Wildman–Crippen LogP) is 12.1. The quantitative estimate of drug-likeness (QED) is 0.162. The van der Waals surface area contributed by atoms with Crippen LogP contribution in [0.25, 0.3) is 61.3 Å². The molecule has 8 rings (SSSR count). The zero-order valence-corrected chi connectivity index (χ0v) is 30.5. The molecule has 8 aromatic rings. The van der Waals surface area contributed by atoms with Gasteiger partial charge in [0.25, 0.3) is 0 Å². The van der Waals surface area contributed by atoms with Gasteiger partial charge in [-0.15, -0.1) is 54.1 Å². The third kappa shape index (κ3) is 6.44. The van der Waals surface area contributed by atoms with Gasteiger partial charge in [-0.25, -0.2) is 0 Å². The van der Waals surface area contributed by atoms with E-state index in [9.17, 15) is 0 Å². The van der Waals surface area contributed by atoms with Gasteiger partial charge in [-0.05, 0) is 72.5 Å². The van der Waals surface area contributed by atoms with E-state index in [0.717, 1.165) is 28.6 Å². The Morgan fingerprint density at radius 3 is 2.14 bits per heavy atom. The van der Waals surface area contributed by atoms with Crippen molar-refractivity contribution in [2.75, 3.05) is 0 Å². The number of imidazole rings is 1. The molecule has 1 radical (unpaired) electrons. The molecule has 0 aliphatic heterocycles. The SMILES string of the molecule is CC(C)c1cccc(C(C)C)c1-n1c(-c2[c-]cccc2)nc2ccccc21.[2H]C([2H])([2H])c1cnc(-c2[c-]ccc3c2oc2c(C([2H])([2H])[2H])cccc23)cc1C([2H])([2H])[2H].[Ir]. The van der Waals surface area contributed by atoms with Gasteiger partial charge in [-0.1, -0.05) is 98.8 Å². The Hall–Kier alpha value is -4.83. The second-order valence-corrected chi connectivity index (χ2v) is 12.6. The summed E-state index contributed by atoms with van der Waals surface area (Å²) in [6, 6.07) is 38.9. The normalized spacial score (nSPS) is 14.7. The molecular formula is C45H41IrN3O-2. The maximum absolute atomic E-state index is 7.76. The number of fused-ring (bicyclic) bond motifs is 4. The zero-order valence-electron chi connectivity index (χ0n) is 37.1. The Labute approximate surface area is 321 Å². The van der Waals surface area contributed by atoms with Crippen LogP contribution >= 0.6 is 0 Å². The Morgan fingerprint density at radius 2 is 1.42 bits per heavy atom. The van der Waals surface area contributed by atoms with Gasteiger partial charge in [0.05, 0.1) is 22.4 Å². The van der Waals surface area contributed by atoms with Crippen molar-refractivity contribution in [3.63, 3.8) is 0 Å². The van der Waals surface area contributed by atoms with Gasteiger partial charge < -0.3 is 14.0 Å². The molecule has 0 aliphatic carbocycles. The maximum atomic E-state index is 7.76. The first-order valence-corrected chi connectivity index (χ1v) is 16.3. The fraction of sp³-hybridized carbons (Fsp3) is 0.200. The molecule has 3 heterocycles. The fourth-order valence-corrected chi connectivity index (χ4v) is 6.28. The number of nitrogens with zero attached hydrogens (tertiary/aromatic N) is 3. The molecule has 5 heteroatoms. The number of hydrogen-bond acceptors (Lipinski definition) is 3. The van der Waals surface area contributed by atoms with Crippen LogP contribution in [0.15, 0.2) is 114 Å². The summed E-state index contributed by atoms with van der Waals surface area (Å²) in [4.78, 5) is 9.16. The molecule has 50 heavy (non-hydrogen) atoms. The Balaban J connectivity index is 0.000000197. The second kappa shape index (κ2) is 14.6. The van der Waals surface area contributed by atoms with Gasteiger partial charge in [-0.3, -0.25) is 4.98 Å². The summed E-state index contributed by atoms with van der Waals surface area (Å²) in [5.74, 6) is 1.80. The number of benzene rings is 5. The van der Waals surface area contributed by atoms with Crippen LogP contribution in [0.3, 0.4) is 0 Å². The monoisotopic (exact) mass is 841 g/mol. The molecular weight excluding hydrogens is 791 g/mol. The second-order valence-electron chi connectivity index (χ2n) is 12.6. The van der Waals surface area contributed by atoms with Crippen LogP contribution in [-0.4, -0.2) is 14.5 Å². The molecule has 0 bridgehead atoms. The van der Waals surface area contributed by atoms with Gasteiger partial charge in [0, 0.05) is 49.7 Å². The van der Waals surface area contributed by atoms with Crippen molar-refractivity contribution in [3.05, 3.63) is 149 Å². The van der Waals surface area contributed by atoms with Crippen molar-refractivity contribution in [3.8, 4) is 28.3 Å². The molecule has 5 aromatic carbocycles. The largest absolute Gasteiger partial charge is 0.500 e. The van der Waals surface area contributed by atoms with E-state index in [1.165, 1.54) is 28.9 Å². The van der Waals surface area contributed by atoms with Crippen LogP contribution < -0.4 is 0 Å². The Kier molecular flexibility index (Phi) is 7.33. The molecule has 0 spiro atoms. The molecule has 0 unspecified atom stereocenters. The van der Waals surface area contributed by atoms with E-state index >= 15 is 0 Å². The average molecular weight is 841 g/mol. The third-order valence-electron chi connectivity index (χ3n) is 8.70. The zero-order chi connectivity index (χ0) is 41.7. The van der Waals surface area contributed by atoms with Crippen LogP contribution in [0.5, 0.6) is 0 Å². The smallest absolute Gasteiger partial charge is 0.123 e. The molecule has 0 atom stereocenters. The number of furan rings is 1. The van der Waals surface area contributed by atoms with Gasteiger partial charge in [0.2, 0.25) is 0 Å². The number of para-hydroxylation sites is 4. The minimum absolute atomic E-state index is 0. The molecule has 4 nitrogen and oxygen atoms in total. The van der Waals surface area contributed by atoms with E-state index in [1.807, 2.05) is 18.2 Å². The first-order valence-electron chi connectivity index (χ1n) is 20.8. The van der Waals surface area contributed by atoms with Crippen molar-refractivity contribution in [2.45, 2.75) is 60.1 Å². The van der Waals surface area contributed by atoms with E-state index < -0.39 is 20.6 Å². The molecule has 0 saturated carbocycles. The van der Waals surface area contributed by atoms with Crippen molar-refractivity contribution in [1.82, 2.24) is 14.5 Å². The number of aryl methyl sites for hydroxylation is 3. The molecule has 0 amide bonds. The summed E-state index contributed by atoms with van der Waals surface area (Å²) in [6.07, 6.45) is 1.03. The molecule has 0 N–H and O–H groups in total. The van der Waals surface area contributed by atoms with Gasteiger partial charge in [0.15, 0.2) is 0 Å². The van der Waals surface area contributed by atoms with Crippen LogP contribution in [-0.2, 0) is 20.1 Å². The van der Waals surface area contributed by atoms with Crippen molar-refractivity contribution in [2.24, 2.45) is 0 Å². The molecule has 253 valence electrons. The van der Waals surface area contributed by atoms with Gasteiger partial charge >= 0.3 is 0 Å². The summed E-state index contributed by atoms with van der Waals surface area (Å²) in [5, 5.41) is 1.21. The molecule has 0 saturated heterocycles. The number of aromatic nitrogens is 3. The number of hydrogen-bond donors (Lipinski definition) is 0. The molecule has 0 fully saturated rings. The third-order valence-corrected chi connectivity index (χ3v) is 8.70. The first-order chi connectivity index (χ1) is 27.4. The first kappa shape index (κ1) is 25.2. The molecule has 3 aromatic heterocycles. The van der Waals surface area contributed by atoms with Crippen molar-refractivity contribution in [1.29, 1.82) is 0 Å². The average Bonchev–Trinajstić information content (AvgIpc) is 3.76. The van der Waals surface area contributed by atoms with Crippen LogP contribution in [0.2, 0.25) is 0 Å². The minimum atomic E-state index is -2.67. The summed E-state index contributed by atoms with van der Waals surface area (Å²) >= 11 is 0. The van der Waals surface area contributed by atoms with Crippen molar-refractivity contribution < 1.29 is 36.9 Å². The van der Waals surface area contributed by atoms with E-state index in [0.29, 0.717) is 33.8 Å². The summed E-state index contributed by atoms with van der Waals surface area (Å²) in [5.41, 5.74) is 7.48. The Morgan fingerprint density at radius 1 is 0.700 bits per heavy atom. The van der Waals surface area contributed by atoms with Crippen LogP contribution in [0.1, 0.15) is 79.7 Å². The summed E-state index contributed by atoms with van der Waals surface area (Å²) in [6.45, 7) is 1.35. The summed E-state index contributed by atoms with van der Waals surface area (Å²) < 4.78 is 77.7. The number of pyridine rings is 1. The van der Waals surface area contributed by atoms with Crippen molar-refractivity contribution >= 4 is 33.0 Å². The van der Waals surface area contributed by atoms with Gasteiger partial charge in [-0.2, -0.15) is 0 Å². The maximum Gasteiger partial charge on any atom is 0.123 e. The predicted molar refractivity (Wildman–Crippen MR) is 204 cm³/mol. The van der Waals surface area contributed by atoms with E-state index in [4.69, 9.17) is 21.7 Å². The minimum Gasteiger partial charge on any atom is -0.500 e. The Bertz CT molecular complexity index is 2740. The van der Waals surface area contributed by atoms with E-state index in [2.05, 4.69) is 97.9 Å². The topological polar surface area (TPSA) is 43.9 Å². The van der Waals surface area contributed by atoms with Crippen LogP contribution in [0.4, 0.5) is 0 Å². The van der Waals surface area contributed by atoms with Gasteiger partial charge in [0.1, 0.15) is 5.58 Å². The standard InChI is InChI=1S/C25H25N2.C20H16NO.Ir/c1-17(2)20-13-10-14-21(18(3)4)24(20)27-23-16-9-8-15-22(23)26-25(27)19-11-6-5-7-12-19;1-12-6-4-7-15-16-8-5-9-17(20(16)22-19(12)15)18-10-13(2)14(3)11-21-18;/h5-11,13-18H,1-4H3;4-8,10-11H,1-3H3;/q2*-1;/i;1D3,2D3,3D3;. The van der Waals surface area contributed by atoms with Crippen LogP contribution in [0, 0.1) is 32.7 Å². The fourth-order valence-electron chi connectivity index (χ4n) is 6.28. The number of rotatable bonds is 5. The molecule has 0 aliphatic rings. The van der Waals surface area contributed by atoms with E-state index in [1.54, 1.807) is 24.3 Å².